The molecule has 3 rings (SSSR count). The van der Waals surface area contributed by atoms with E-state index >= 15 is 0 Å². The van der Waals surface area contributed by atoms with Gasteiger partial charge in [0.15, 0.2) is 5.78 Å². The lowest BCUT2D eigenvalue weighted by atomic mass is 10.0. The molecule has 0 spiro atoms. The van der Waals surface area contributed by atoms with Gasteiger partial charge in [0.2, 0.25) is 0 Å². The summed E-state index contributed by atoms with van der Waals surface area (Å²) < 4.78 is 43.2. The Balaban J connectivity index is 1.83. The maximum absolute atomic E-state index is 12.5. The first-order chi connectivity index (χ1) is 13.3. The summed E-state index contributed by atoms with van der Waals surface area (Å²) >= 11 is 0. The Kier molecular flexibility index (Phi) is 5.48. The Morgan fingerprint density at radius 2 is 1.39 bits per heavy atom. The van der Waals surface area contributed by atoms with Crippen LogP contribution in [0.1, 0.15) is 21.5 Å². The summed E-state index contributed by atoms with van der Waals surface area (Å²) in [6.07, 6.45) is 0. The summed E-state index contributed by atoms with van der Waals surface area (Å²) in [6.45, 7) is 1.71. The van der Waals surface area contributed by atoms with Crippen LogP contribution in [0.4, 0.5) is 0 Å². The van der Waals surface area contributed by atoms with Gasteiger partial charge in [0.05, 0.1) is 7.11 Å². The van der Waals surface area contributed by atoms with Crippen LogP contribution in [0.25, 0.3) is 0 Å². The molecule has 0 saturated heterocycles. The molecule has 0 aliphatic carbocycles. The van der Waals surface area contributed by atoms with Gasteiger partial charge >= 0.3 is 0 Å². The molecule has 0 amide bonds. The predicted molar refractivity (Wildman–Crippen MR) is 104 cm³/mol. The fraction of sp³-hybridized carbons (Fsp3) is 0.0952. The van der Waals surface area contributed by atoms with Crippen LogP contribution >= 0.6 is 0 Å². The highest BCUT2D eigenvalue weighted by Crippen LogP contribution is 2.30. The molecule has 144 valence electrons. The van der Waals surface area contributed by atoms with E-state index in [0.717, 1.165) is 0 Å². The van der Waals surface area contributed by atoms with Crippen LogP contribution < -0.4 is 9.47 Å². The summed E-state index contributed by atoms with van der Waals surface area (Å²) in [5.74, 6) is 0.832. The first kappa shape index (κ1) is 19.6. The molecule has 6 nitrogen and oxygen atoms in total. The fourth-order valence-corrected chi connectivity index (χ4v) is 3.31. The van der Waals surface area contributed by atoms with Crippen molar-refractivity contribution < 1.29 is 27.2 Å². The highest BCUT2D eigenvalue weighted by atomic mass is 32.2. The monoisotopic (exact) mass is 398 g/mol. The molecular weight excluding hydrogens is 380 g/mol. The number of carbonyl (C=O) groups excluding carboxylic acids is 1. The van der Waals surface area contributed by atoms with Crippen molar-refractivity contribution in [2.75, 3.05) is 7.11 Å². The van der Waals surface area contributed by atoms with Gasteiger partial charge in [0.1, 0.15) is 22.1 Å². The highest BCUT2D eigenvalue weighted by molar-refractivity contribution is 7.86. The summed E-state index contributed by atoms with van der Waals surface area (Å²) in [4.78, 5) is 12.2. The zero-order chi connectivity index (χ0) is 20.3. The van der Waals surface area contributed by atoms with Crippen molar-refractivity contribution in [3.8, 4) is 17.2 Å². The molecule has 0 unspecified atom stereocenters. The van der Waals surface area contributed by atoms with Gasteiger partial charge in [0.25, 0.3) is 10.1 Å². The largest absolute Gasteiger partial charge is 0.497 e. The van der Waals surface area contributed by atoms with Gasteiger partial charge in [-0.3, -0.25) is 9.35 Å². The van der Waals surface area contributed by atoms with Crippen LogP contribution in [-0.4, -0.2) is 25.9 Å². The standard InChI is InChI=1S/C21H18O6S/c1-14-3-12-19(20(13-14)28(23,24)25)27-18-10-6-16(7-11-18)21(22)15-4-8-17(26-2)9-5-15/h3-13H,1-2H3,(H,23,24,25). The average Bonchev–Trinajstić information content (AvgIpc) is 2.68. The van der Waals surface area contributed by atoms with Gasteiger partial charge in [-0.1, -0.05) is 6.07 Å². The van der Waals surface area contributed by atoms with E-state index in [1.165, 1.54) is 12.1 Å². The average molecular weight is 398 g/mol. The van der Waals surface area contributed by atoms with Gasteiger partial charge in [-0.2, -0.15) is 8.42 Å². The number of carbonyl (C=O) groups is 1. The van der Waals surface area contributed by atoms with Gasteiger partial charge in [-0.25, -0.2) is 0 Å². The molecule has 0 aliphatic rings. The van der Waals surface area contributed by atoms with Crippen LogP contribution in [0.3, 0.4) is 0 Å². The van der Waals surface area contributed by atoms with Crippen LogP contribution in [0.2, 0.25) is 0 Å². The predicted octanol–water partition coefficient (Wildman–Crippen LogP) is 4.27. The molecule has 7 heteroatoms. The Labute approximate surface area is 163 Å². The molecule has 28 heavy (non-hydrogen) atoms. The lowest BCUT2D eigenvalue weighted by Gasteiger charge is -2.11. The van der Waals surface area contributed by atoms with Crippen molar-refractivity contribution in [2.45, 2.75) is 11.8 Å². The minimum absolute atomic E-state index is 0.00216. The quantitative estimate of drug-likeness (QED) is 0.493. The number of ketones is 1. The molecule has 3 aromatic rings. The van der Waals surface area contributed by atoms with Gasteiger partial charge in [0, 0.05) is 11.1 Å². The van der Waals surface area contributed by atoms with Gasteiger partial charge in [-0.05, 0) is 73.2 Å². The van der Waals surface area contributed by atoms with Crippen molar-refractivity contribution >= 4 is 15.9 Å². The summed E-state index contributed by atoms with van der Waals surface area (Å²) in [7, 11) is -2.88. The van der Waals surface area contributed by atoms with E-state index in [1.807, 2.05) is 0 Å². The Hall–Kier alpha value is -3.16. The van der Waals surface area contributed by atoms with Crippen LogP contribution in [0, 0.1) is 6.92 Å². The zero-order valence-corrected chi connectivity index (χ0v) is 16.1. The second kappa shape index (κ2) is 7.84. The van der Waals surface area contributed by atoms with E-state index in [9.17, 15) is 17.8 Å². The number of ether oxygens (including phenoxy) is 2. The molecule has 0 saturated carbocycles. The Morgan fingerprint density at radius 3 is 1.89 bits per heavy atom. The normalized spacial score (nSPS) is 11.1. The molecule has 0 aliphatic heterocycles. The van der Waals surface area contributed by atoms with E-state index in [0.29, 0.717) is 28.2 Å². The van der Waals surface area contributed by atoms with Gasteiger partial charge < -0.3 is 9.47 Å². The molecule has 0 fully saturated rings. The smallest absolute Gasteiger partial charge is 0.298 e. The minimum Gasteiger partial charge on any atom is -0.497 e. The first-order valence-electron chi connectivity index (χ1n) is 8.33. The third kappa shape index (κ3) is 4.39. The van der Waals surface area contributed by atoms with E-state index in [4.69, 9.17) is 9.47 Å². The topological polar surface area (TPSA) is 89.9 Å². The van der Waals surface area contributed by atoms with E-state index < -0.39 is 10.1 Å². The Morgan fingerprint density at radius 1 is 0.857 bits per heavy atom. The van der Waals surface area contributed by atoms with Crippen molar-refractivity contribution in [1.82, 2.24) is 0 Å². The van der Waals surface area contributed by atoms with Crippen molar-refractivity contribution in [1.29, 1.82) is 0 Å². The number of methoxy groups -OCH3 is 1. The van der Waals surface area contributed by atoms with Crippen LogP contribution in [0.5, 0.6) is 17.2 Å². The van der Waals surface area contributed by atoms with Gasteiger partial charge in [-0.15, -0.1) is 0 Å². The molecule has 0 atom stereocenters. The SMILES string of the molecule is COc1ccc(C(=O)c2ccc(Oc3ccc(C)cc3S(=O)(=O)O)cc2)cc1. The maximum atomic E-state index is 12.5. The maximum Gasteiger partial charge on any atom is 0.298 e. The number of hydrogen-bond acceptors (Lipinski definition) is 5. The Bertz CT molecular complexity index is 1100. The summed E-state index contributed by atoms with van der Waals surface area (Å²) in [5, 5.41) is 0. The van der Waals surface area contributed by atoms with E-state index in [-0.39, 0.29) is 16.4 Å². The zero-order valence-electron chi connectivity index (χ0n) is 15.2. The molecule has 3 aromatic carbocycles. The lowest BCUT2D eigenvalue weighted by molar-refractivity contribution is 0.103. The summed E-state index contributed by atoms with van der Waals surface area (Å²) in [5.41, 5.74) is 1.64. The molecule has 0 radical (unpaired) electrons. The number of benzene rings is 3. The highest BCUT2D eigenvalue weighted by Gasteiger charge is 2.18. The van der Waals surface area contributed by atoms with Crippen LogP contribution in [-0.2, 0) is 10.1 Å². The van der Waals surface area contributed by atoms with Crippen LogP contribution in [0.15, 0.2) is 71.6 Å². The second-order valence-electron chi connectivity index (χ2n) is 6.11. The molecule has 0 heterocycles. The lowest BCUT2D eigenvalue weighted by Crippen LogP contribution is -2.02. The van der Waals surface area contributed by atoms with Crippen molar-refractivity contribution in [3.63, 3.8) is 0 Å². The number of hydrogen-bond donors (Lipinski definition) is 1. The molecule has 0 aromatic heterocycles. The third-order valence-electron chi connectivity index (χ3n) is 4.07. The van der Waals surface area contributed by atoms with Crippen molar-refractivity contribution in [2.24, 2.45) is 0 Å². The first-order valence-corrected chi connectivity index (χ1v) is 9.77. The van der Waals surface area contributed by atoms with Crippen molar-refractivity contribution in [3.05, 3.63) is 83.4 Å². The minimum atomic E-state index is -4.43. The number of rotatable bonds is 6. The fourth-order valence-electron chi connectivity index (χ4n) is 2.61. The second-order valence-corrected chi connectivity index (χ2v) is 7.50. The third-order valence-corrected chi connectivity index (χ3v) is 4.95. The van der Waals surface area contributed by atoms with E-state index in [1.54, 1.807) is 68.6 Å². The summed E-state index contributed by atoms with van der Waals surface area (Å²) in [6, 6.07) is 17.5. The molecule has 1 N–H and O–H groups in total. The van der Waals surface area contributed by atoms with E-state index in [2.05, 4.69) is 0 Å². The molecular formula is C21H18O6S. The number of aryl methyl sites for hydroxylation is 1. The molecule has 0 bridgehead atoms.